The molecule has 5 atom stereocenters. The molecule has 4 saturated heterocycles. The number of hydrogen-bond acceptors (Lipinski definition) is 2. The minimum absolute atomic E-state index is 0.886. The first-order chi connectivity index (χ1) is 12.4. The Hall–Kier alpha value is -0.860. The molecule has 25 heavy (non-hydrogen) atoms. The van der Waals surface area contributed by atoms with Gasteiger partial charge in [0.25, 0.3) is 0 Å². The molecule has 0 saturated carbocycles. The van der Waals surface area contributed by atoms with Gasteiger partial charge in [-0.3, -0.25) is 4.90 Å². The molecule has 4 fully saturated rings. The van der Waals surface area contributed by atoms with Crippen molar-refractivity contribution in [1.82, 2.24) is 9.80 Å². The summed E-state index contributed by atoms with van der Waals surface area (Å²) in [4.78, 5) is 5.83. The Morgan fingerprint density at radius 3 is 2.60 bits per heavy atom. The molecule has 0 radical (unpaired) electrons. The van der Waals surface area contributed by atoms with Gasteiger partial charge in [0.15, 0.2) is 0 Å². The Balaban J connectivity index is 1.25. The van der Waals surface area contributed by atoms with E-state index in [9.17, 15) is 0 Å². The van der Waals surface area contributed by atoms with Crippen molar-refractivity contribution in [3.8, 4) is 0 Å². The van der Waals surface area contributed by atoms with E-state index in [4.69, 9.17) is 0 Å². The first-order valence-electron chi connectivity index (χ1n) is 10.9. The Bertz CT molecular complexity index is 557. The molecule has 5 rings (SSSR count). The molecule has 1 aromatic rings. The highest BCUT2D eigenvalue weighted by molar-refractivity contribution is 5.16. The molecule has 136 valence electrons. The second-order valence-electron chi connectivity index (χ2n) is 9.28. The molecular weight excluding hydrogens is 304 g/mol. The van der Waals surface area contributed by atoms with Crippen LogP contribution in [0.1, 0.15) is 56.9 Å². The average Bonchev–Trinajstić information content (AvgIpc) is 3.25. The Labute approximate surface area is 153 Å². The zero-order valence-electron chi connectivity index (χ0n) is 15.7. The number of fused-ring (bicyclic) bond motifs is 2. The summed E-state index contributed by atoms with van der Waals surface area (Å²) >= 11 is 0. The van der Waals surface area contributed by atoms with Crippen LogP contribution in [0.25, 0.3) is 0 Å². The predicted octanol–water partition coefficient (Wildman–Crippen LogP) is 4.35. The van der Waals surface area contributed by atoms with Crippen LogP contribution in [0.15, 0.2) is 30.3 Å². The van der Waals surface area contributed by atoms with E-state index in [0.29, 0.717) is 0 Å². The number of nitrogens with zero attached hydrogens (tertiary/aromatic N) is 2. The number of rotatable bonds is 3. The molecule has 0 aliphatic carbocycles. The third kappa shape index (κ3) is 3.28. The van der Waals surface area contributed by atoms with Crippen molar-refractivity contribution in [2.45, 2.75) is 75.9 Å². The summed E-state index contributed by atoms with van der Waals surface area (Å²) in [6.45, 7) is 4.15. The third-order valence-electron chi connectivity index (χ3n) is 7.71. The molecule has 2 heteroatoms. The fourth-order valence-electron chi connectivity index (χ4n) is 6.63. The monoisotopic (exact) mass is 338 g/mol. The van der Waals surface area contributed by atoms with E-state index >= 15 is 0 Å². The maximum Gasteiger partial charge on any atom is 0.0139 e. The van der Waals surface area contributed by atoms with Gasteiger partial charge in [-0.1, -0.05) is 43.2 Å². The van der Waals surface area contributed by atoms with Crippen molar-refractivity contribution < 1.29 is 0 Å². The summed E-state index contributed by atoms with van der Waals surface area (Å²) in [6, 6.07) is 13.9. The summed E-state index contributed by atoms with van der Waals surface area (Å²) in [5.41, 5.74) is 1.54. The van der Waals surface area contributed by atoms with Crippen molar-refractivity contribution in [2.75, 3.05) is 19.6 Å². The molecule has 4 aliphatic heterocycles. The molecule has 5 unspecified atom stereocenters. The van der Waals surface area contributed by atoms with Crippen LogP contribution in [-0.2, 0) is 6.42 Å². The zero-order chi connectivity index (χ0) is 16.6. The van der Waals surface area contributed by atoms with Crippen molar-refractivity contribution in [1.29, 1.82) is 0 Å². The quantitative estimate of drug-likeness (QED) is 0.808. The van der Waals surface area contributed by atoms with Crippen LogP contribution in [0, 0.1) is 11.8 Å². The van der Waals surface area contributed by atoms with Gasteiger partial charge in [-0.05, 0) is 68.9 Å². The van der Waals surface area contributed by atoms with Crippen LogP contribution < -0.4 is 0 Å². The molecule has 0 N–H and O–H groups in total. The SMILES string of the molecule is c1ccc(CC2CC3CCCC(C4CC5CCCCN5C4)N3C2)cc1. The minimum Gasteiger partial charge on any atom is -0.300 e. The summed E-state index contributed by atoms with van der Waals surface area (Å²) < 4.78 is 0. The van der Waals surface area contributed by atoms with Gasteiger partial charge in [-0.25, -0.2) is 0 Å². The summed E-state index contributed by atoms with van der Waals surface area (Å²) in [7, 11) is 0. The lowest BCUT2D eigenvalue weighted by Gasteiger charge is -2.41. The molecule has 0 aromatic heterocycles. The van der Waals surface area contributed by atoms with E-state index in [1.54, 1.807) is 5.56 Å². The zero-order valence-corrected chi connectivity index (χ0v) is 15.7. The average molecular weight is 339 g/mol. The van der Waals surface area contributed by atoms with Crippen LogP contribution >= 0.6 is 0 Å². The standard InChI is InChI=1S/C23H34N2/c1-2-7-18(8-3-1)13-19-14-22-10-6-11-23(25(22)16-19)20-15-21-9-4-5-12-24(21)17-20/h1-3,7-8,19-23H,4-6,9-17H2. The van der Waals surface area contributed by atoms with Gasteiger partial charge in [-0.15, -0.1) is 0 Å². The van der Waals surface area contributed by atoms with Crippen molar-refractivity contribution >= 4 is 0 Å². The summed E-state index contributed by atoms with van der Waals surface area (Å²) in [6.07, 6.45) is 13.0. The summed E-state index contributed by atoms with van der Waals surface area (Å²) in [5.74, 6) is 1.85. The van der Waals surface area contributed by atoms with Gasteiger partial charge in [-0.2, -0.15) is 0 Å². The minimum atomic E-state index is 0.886. The molecule has 1 aromatic carbocycles. The maximum atomic E-state index is 2.99. The second kappa shape index (κ2) is 7.04. The fraction of sp³-hybridized carbons (Fsp3) is 0.739. The van der Waals surface area contributed by atoms with Gasteiger partial charge in [0.1, 0.15) is 0 Å². The Morgan fingerprint density at radius 1 is 0.840 bits per heavy atom. The second-order valence-corrected chi connectivity index (χ2v) is 9.28. The van der Waals surface area contributed by atoms with Gasteiger partial charge in [0.2, 0.25) is 0 Å². The van der Waals surface area contributed by atoms with E-state index < -0.39 is 0 Å². The topological polar surface area (TPSA) is 6.48 Å². The molecule has 4 heterocycles. The smallest absolute Gasteiger partial charge is 0.0139 e. The maximum absolute atomic E-state index is 2.99. The first-order valence-corrected chi connectivity index (χ1v) is 10.9. The fourth-order valence-corrected chi connectivity index (χ4v) is 6.63. The van der Waals surface area contributed by atoms with E-state index in [1.165, 1.54) is 77.4 Å². The van der Waals surface area contributed by atoms with Gasteiger partial charge in [0, 0.05) is 31.2 Å². The molecule has 0 bridgehead atoms. The van der Waals surface area contributed by atoms with Crippen LogP contribution in [0.2, 0.25) is 0 Å². The first kappa shape index (κ1) is 16.3. The molecular formula is C23H34N2. The highest BCUT2D eigenvalue weighted by Gasteiger charge is 2.45. The van der Waals surface area contributed by atoms with Crippen LogP contribution in [0.3, 0.4) is 0 Å². The Morgan fingerprint density at radius 2 is 1.72 bits per heavy atom. The highest BCUT2D eigenvalue weighted by atomic mass is 15.3. The van der Waals surface area contributed by atoms with Crippen molar-refractivity contribution in [3.05, 3.63) is 35.9 Å². The van der Waals surface area contributed by atoms with Gasteiger partial charge in [0.05, 0.1) is 0 Å². The van der Waals surface area contributed by atoms with E-state index in [0.717, 1.165) is 30.0 Å². The van der Waals surface area contributed by atoms with E-state index in [-0.39, 0.29) is 0 Å². The highest BCUT2D eigenvalue weighted by Crippen LogP contribution is 2.42. The predicted molar refractivity (Wildman–Crippen MR) is 104 cm³/mol. The number of piperidine rings is 2. The third-order valence-corrected chi connectivity index (χ3v) is 7.71. The lowest BCUT2D eigenvalue weighted by Crippen LogP contribution is -2.47. The van der Waals surface area contributed by atoms with Gasteiger partial charge >= 0.3 is 0 Å². The molecule has 2 nitrogen and oxygen atoms in total. The van der Waals surface area contributed by atoms with E-state index in [1.807, 2.05) is 0 Å². The largest absolute Gasteiger partial charge is 0.300 e. The molecule has 0 amide bonds. The van der Waals surface area contributed by atoms with Gasteiger partial charge < -0.3 is 4.90 Å². The van der Waals surface area contributed by atoms with Crippen LogP contribution in [0.4, 0.5) is 0 Å². The lowest BCUT2D eigenvalue weighted by molar-refractivity contribution is 0.0794. The van der Waals surface area contributed by atoms with Crippen LogP contribution in [-0.4, -0.2) is 47.6 Å². The van der Waals surface area contributed by atoms with E-state index in [2.05, 4.69) is 40.1 Å². The summed E-state index contributed by atoms with van der Waals surface area (Å²) in [5, 5.41) is 0. The Kier molecular flexibility index (Phi) is 4.60. The van der Waals surface area contributed by atoms with Crippen molar-refractivity contribution in [3.63, 3.8) is 0 Å². The number of benzene rings is 1. The van der Waals surface area contributed by atoms with Crippen molar-refractivity contribution in [2.24, 2.45) is 11.8 Å². The van der Waals surface area contributed by atoms with Crippen LogP contribution in [0.5, 0.6) is 0 Å². The number of hydrogen-bond donors (Lipinski definition) is 0. The lowest BCUT2D eigenvalue weighted by atomic mass is 9.86. The normalized spacial score (nSPS) is 39.3. The molecule has 0 spiro atoms. The molecule has 4 aliphatic rings.